The van der Waals surface area contributed by atoms with Crippen molar-refractivity contribution in [2.75, 3.05) is 19.6 Å². The summed E-state index contributed by atoms with van der Waals surface area (Å²) in [6, 6.07) is 11.9. The molecule has 1 heterocycles. The van der Waals surface area contributed by atoms with E-state index in [1.54, 1.807) is 12.1 Å². The molecule has 0 aliphatic heterocycles. The van der Waals surface area contributed by atoms with Gasteiger partial charge in [0.05, 0.1) is 10.9 Å². The van der Waals surface area contributed by atoms with Gasteiger partial charge in [0.2, 0.25) is 0 Å². The third kappa shape index (κ3) is 4.67. The first-order valence-corrected chi connectivity index (χ1v) is 12.5. The summed E-state index contributed by atoms with van der Waals surface area (Å²) in [6.07, 6.45) is 2.94. The molecule has 34 heavy (non-hydrogen) atoms. The molecule has 1 fully saturated rings. The summed E-state index contributed by atoms with van der Waals surface area (Å²) in [6.45, 7) is 10.8. The Morgan fingerprint density at radius 2 is 1.71 bits per heavy atom. The van der Waals surface area contributed by atoms with Crippen molar-refractivity contribution < 1.29 is 14.3 Å². The second-order valence-electron chi connectivity index (χ2n) is 9.43. The summed E-state index contributed by atoms with van der Waals surface area (Å²) in [4.78, 5) is 28.1. The van der Waals surface area contributed by atoms with Gasteiger partial charge in [-0.2, -0.15) is 0 Å². The van der Waals surface area contributed by atoms with Gasteiger partial charge in [0.1, 0.15) is 11.3 Å². The summed E-state index contributed by atoms with van der Waals surface area (Å²) < 4.78 is 6.45. The molecule has 180 valence electrons. The zero-order chi connectivity index (χ0) is 24.4. The second-order valence-corrected chi connectivity index (χ2v) is 9.43. The average Bonchev–Trinajstić information content (AvgIpc) is 3.62. The number of rotatable bonds is 10. The second kappa shape index (κ2) is 10.1. The summed E-state index contributed by atoms with van der Waals surface area (Å²) >= 11 is 0. The van der Waals surface area contributed by atoms with Crippen LogP contribution in [-0.2, 0) is 12.8 Å². The van der Waals surface area contributed by atoms with Crippen molar-refractivity contribution in [1.82, 2.24) is 4.90 Å². The third-order valence-corrected chi connectivity index (χ3v) is 7.23. The van der Waals surface area contributed by atoms with Crippen LogP contribution in [0.2, 0.25) is 0 Å². The van der Waals surface area contributed by atoms with Crippen LogP contribution in [0.15, 0.2) is 45.6 Å². The lowest BCUT2D eigenvalue weighted by molar-refractivity contribution is 0.0695. The molecule has 0 amide bonds. The Morgan fingerprint density at radius 3 is 2.32 bits per heavy atom. The Morgan fingerprint density at radius 1 is 1.00 bits per heavy atom. The Bertz CT molecular complexity index is 1240. The lowest BCUT2D eigenvalue weighted by Gasteiger charge is -2.19. The predicted molar refractivity (Wildman–Crippen MR) is 136 cm³/mol. The van der Waals surface area contributed by atoms with Crippen molar-refractivity contribution >= 4 is 16.9 Å². The van der Waals surface area contributed by atoms with Crippen LogP contribution in [0.1, 0.15) is 83.8 Å². The highest BCUT2D eigenvalue weighted by Crippen LogP contribution is 2.55. The highest BCUT2D eigenvalue weighted by Gasteiger charge is 2.43. The quantitative estimate of drug-likeness (QED) is 0.407. The van der Waals surface area contributed by atoms with Gasteiger partial charge in [0.25, 0.3) is 0 Å². The number of carboxylic acids is 1. The van der Waals surface area contributed by atoms with Crippen LogP contribution < -0.4 is 5.43 Å². The van der Waals surface area contributed by atoms with Crippen LogP contribution in [-0.4, -0.2) is 35.6 Å². The van der Waals surface area contributed by atoms with Crippen LogP contribution in [0.5, 0.6) is 0 Å². The van der Waals surface area contributed by atoms with Crippen molar-refractivity contribution in [2.24, 2.45) is 0 Å². The van der Waals surface area contributed by atoms with Crippen LogP contribution in [0.3, 0.4) is 0 Å². The minimum absolute atomic E-state index is 0.0506. The summed E-state index contributed by atoms with van der Waals surface area (Å²) in [7, 11) is 0. The van der Waals surface area contributed by atoms with Crippen molar-refractivity contribution in [2.45, 2.75) is 65.2 Å². The smallest absolute Gasteiger partial charge is 0.335 e. The van der Waals surface area contributed by atoms with E-state index >= 15 is 0 Å². The van der Waals surface area contributed by atoms with Gasteiger partial charge in [0, 0.05) is 18.0 Å². The zero-order valence-electron chi connectivity index (χ0n) is 20.7. The van der Waals surface area contributed by atoms with Gasteiger partial charge in [-0.15, -0.1) is 0 Å². The number of aromatic carboxylic acids is 1. The van der Waals surface area contributed by atoms with Crippen LogP contribution in [0.25, 0.3) is 11.0 Å². The van der Waals surface area contributed by atoms with Gasteiger partial charge in [-0.3, -0.25) is 4.79 Å². The molecule has 3 aromatic rings. The topological polar surface area (TPSA) is 70.8 Å². The molecule has 4 rings (SSSR count). The molecule has 0 saturated heterocycles. The fraction of sp³-hybridized carbons (Fsp3) is 0.448. The molecule has 5 heteroatoms. The maximum absolute atomic E-state index is 13.9. The maximum atomic E-state index is 13.9. The van der Waals surface area contributed by atoms with Crippen molar-refractivity contribution in [3.05, 3.63) is 80.2 Å². The highest BCUT2D eigenvalue weighted by atomic mass is 16.4. The van der Waals surface area contributed by atoms with Crippen LogP contribution in [0, 0.1) is 6.92 Å². The standard InChI is InChI=1S/C29H35NO4/c1-5-8-22-27(31)26-20(15-16-30(6-2)7-3)21(29(32)33)13-14-25(26)34-28(22)24-17-23(24)19-11-9-18(4)10-12-19/h9-14,23-24H,5-8,15-17H2,1-4H3,(H,32,33). The molecule has 2 atom stereocenters. The van der Waals surface area contributed by atoms with E-state index in [0.717, 1.165) is 37.3 Å². The van der Waals surface area contributed by atoms with Gasteiger partial charge in [-0.05, 0) is 68.5 Å². The molecular weight excluding hydrogens is 426 g/mol. The summed E-state index contributed by atoms with van der Waals surface area (Å²) in [5.74, 6) is 0.346. The third-order valence-electron chi connectivity index (χ3n) is 7.23. The van der Waals surface area contributed by atoms with E-state index in [9.17, 15) is 14.7 Å². The molecular formula is C29H35NO4. The van der Waals surface area contributed by atoms with E-state index in [4.69, 9.17) is 4.42 Å². The predicted octanol–water partition coefficient (Wildman–Crippen LogP) is 5.91. The van der Waals surface area contributed by atoms with Gasteiger partial charge in [0.15, 0.2) is 5.43 Å². The molecule has 0 bridgehead atoms. The first-order valence-electron chi connectivity index (χ1n) is 12.5. The van der Waals surface area contributed by atoms with E-state index in [0.29, 0.717) is 41.8 Å². The Hall–Kier alpha value is -2.92. The first-order chi connectivity index (χ1) is 16.4. The van der Waals surface area contributed by atoms with Gasteiger partial charge < -0.3 is 14.4 Å². The molecule has 5 nitrogen and oxygen atoms in total. The normalized spacial score (nSPS) is 17.4. The van der Waals surface area contributed by atoms with Crippen LogP contribution in [0.4, 0.5) is 0 Å². The molecule has 2 aromatic carbocycles. The average molecular weight is 462 g/mol. The van der Waals surface area contributed by atoms with E-state index in [2.05, 4.69) is 56.9 Å². The largest absolute Gasteiger partial charge is 0.478 e. The highest BCUT2D eigenvalue weighted by molar-refractivity contribution is 5.96. The number of hydrogen-bond donors (Lipinski definition) is 1. The number of carbonyl (C=O) groups is 1. The minimum atomic E-state index is -1.00. The van der Waals surface area contributed by atoms with Crippen molar-refractivity contribution in [3.8, 4) is 0 Å². The van der Waals surface area contributed by atoms with Crippen molar-refractivity contribution in [1.29, 1.82) is 0 Å². The van der Waals surface area contributed by atoms with E-state index in [-0.39, 0.29) is 16.9 Å². The molecule has 1 saturated carbocycles. The lowest BCUT2D eigenvalue weighted by atomic mass is 9.95. The fourth-order valence-corrected chi connectivity index (χ4v) is 5.13. The monoisotopic (exact) mass is 461 g/mol. The maximum Gasteiger partial charge on any atom is 0.335 e. The Balaban J connectivity index is 1.81. The number of fused-ring (bicyclic) bond motifs is 1. The molecule has 0 radical (unpaired) electrons. The van der Waals surface area contributed by atoms with Gasteiger partial charge in [-0.25, -0.2) is 4.79 Å². The van der Waals surface area contributed by atoms with Gasteiger partial charge >= 0.3 is 5.97 Å². The molecule has 1 N–H and O–H groups in total. The first kappa shape index (κ1) is 24.2. The van der Waals surface area contributed by atoms with Crippen LogP contribution >= 0.6 is 0 Å². The molecule has 1 aliphatic rings. The van der Waals surface area contributed by atoms with Crippen molar-refractivity contribution in [3.63, 3.8) is 0 Å². The SMILES string of the molecule is CCCc1c(C2CC2c2ccc(C)cc2)oc2ccc(C(=O)O)c(CCN(CC)CC)c2c1=O. The molecule has 1 aromatic heterocycles. The fourth-order valence-electron chi connectivity index (χ4n) is 5.13. The molecule has 1 aliphatic carbocycles. The number of likely N-dealkylation sites (N-methyl/N-ethyl adjacent to an activating group) is 1. The number of hydrogen-bond acceptors (Lipinski definition) is 4. The minimum Gasteiger partial charge on any atom is -0.478 e. The number of benzene rings is 2. The van der Waals surface area contributed by atoms with E-state index < -0.39 is 5.97 Å². The summed E-state index contributed by atoms with van der Waals surface area (Å²) in [5.41, 5.74) is 4.49. The van der Waals surface area contributed by atoms with E-state index in [1.807, 2.05) is 0 Å². The number of carboxylic acid groups (broad SMARTS) is 1. The Kier molecular flexibility index (Phi) is 7.22. The number of aryl methyl sites for hydroxylation is 1. The molecule has 0 spiro atoms. The van der Waals surface area contributed by atoms with Gasteiger partial charge in [-0.1, -0.05) is 57.0 Å². The Labute approximate surface area is 201 Å². The van der Waals surface area contributed by atoms with E-state index in [1.165, 1.54) is 11.1 Å². The summed E-state index contributed by atoms with van der Waals surface area (Å²) in [5, 5.41) is 10.3. The zero-order valence-corrected chi connectivity index (χ0v) is 20.7. The lowest BCUT2D eigenvalue weighted by Crippen LogP contribution is -2.26. The number of nitrogens with zero attached hydrogens (tertiary/aromatic N) is 1. The molecule has 2 unspecified atom stereocenters.